The lowest BCUT2D eigenvalue weighted by Gasteiger charge is -2.05. The van der Waals surface area contributed by atoms with E-state index < -0.39 is 0 Å². The van der Waals surface area contributed by atoms with Crippen LogP contribution in [0.25, 0.3) is 11.3 Å². The Hall–Kier alpha value is -1.79. The second-order valence-corrected chi connectivity index (χ2v) is 3.97. The number of halogens is 1. The van der Waals surface area contributed by atoms with Gasteiger partial charge in [0.25, 0.3) is 0 Å². The summed E-state index contributed by atoms with van der Waals surface area (Å²) < 4.78 is 10.2. The first-order valence-electron chi connectivity index (χ1n) is 5.70. The molecule has 7 heteroatoms. The molecule has 2 aromatic heterocycles. The Balaban J connectivity index is 2.29. The Bertz CT molecular complexity index is 548. The van der Waals surface area contributed by atoms with Crippen LogP contribution in [0.3, 0.4) is 0 Å². The zero-order valence-electron chi connectivity index (χ0n) is 10.6. The number of ether oxygens (including phenoxy) is 2. The van der Waals surface area contributed by atoms with Gasteiger partial charge in [-0.1, -0.05) is 11.6 Å². The third kappa shape index (κ3) is 3.59. The zero-order valence-corrected chi connectivity index (χ0v) is 11.4. The van der Waals surface area contributed by atoms with Gasteiger partial charge in [-0.3, -0.25) is 0 Å². The van der Waals surface area contributed by atoms with Crippen LogP contribution in [0.1, 0.15) is 12.7 Å². The van der Waals surface area contributed by atoms with Crippen LogP contribution < -0.4 is 4.74 Å². The van der Waals surface area contributed by atoms with Crippen molar-refractivity contribution in [3.8, 4) is 17.3 Å². The Morgan fingerprint density at radius 1 is 1.21 bits per heavy atom. The number of nitrogens with zero attached hydrogens (tertiary/aromatic N) is 4. The molecule has 0 spiro atoms. The lowest BCUT2D eigenvalue weighted by molar-refractivity contribution is 0.128. The van der Waals surface area contributed by atoms with E-state index in [1.807, 2.05) is 6.92 Å². The largest absolute Gasteiger partial charge is 0.467 e. The van der Waals surface area contributed by atoms with Gasteiger partial charge in [-0.15, -0.1) is 0 Å². The molecule has 0 saturated carbocycles. The molecule has 0 fully saturated rings. The molecule has 0 aromatic carbocycles. The van der Waals surface area contributed by atoms with E-state index in [1.54, 1.807) is 18.5 Å². The summed E-state index contributed by atoms with van der Waals surface area (Å²) in [4.78, 5) is 16.5. The molecular formula is C12H13ClN4O2. The second kappa shape index (κ2) is 6.40. The number of hydrogen-bond donors (Lipinski definition) is 0. The normalized spacial score (nSPS) is 10.5. The van der Waals surface area contributed by atoms with Crippen LogP contribution in [0.5, 0.6) is 6.01 Å². The van der Waals surface area contributed by atoms with Gasteiger partial charge in [-0.2, -0.15) is 0 Å². The molecule has 2 rings (SSSR count). The van der Waals surface area contributed by atoms with E-state index in [0.717, 1.165) is 5.56 Å². The highest BCUT2D eigenvalue weighted by atomic mass is 35.5. The van der Waals surface area contributed by atoms with Gasteiger partial charge in [-0.05, 0) is 6.92 Å². The van der Waals surface area contributed by atoms with Crippen LogP contribution in [0.15, 0.2) is 18.5 Å². The zero-order chi connectivity index (χ0) is 13.7. The predicted octanol–water partition coefficient (Wildman–Crippen LogP) is 2.13. The minimum atomic E-state index is 0.304. The number of rotatable bonds is 5. The molecule has 100 valence electrons. The predicted molar refractivity (Wildman–Crippen MR) is 70.0 cm³/mol. The van der Waals surface area contributed by atoms with Crippen molar-refractivity contribution >= 4 is 11.6 Å². The summed E-state index contributed by atoms with van der Waals surface area (Å²) in [6.07, 6.45) is 3.24. The van der Waals surface area contributed by atoms with Gasteiger partial charge in [0.05, 0.1) is 12.8 Å². The Morgan fingerprint density at radius 2 is 1.95 bits per heavy atom. The molecule has 2 heterocycles. The topological polar surface area (TPSA) is 70.0 Å². The van der Waals surface area contributed by atoms with Crippen molar-refractivity contribution in [1.82, 2.24) is 19.9 Å². The first-order chi connectivity index (χ1) is 9.22. The summed E-state index contributed by atoms with van der Waals surface area (Å²) >= 11 is 5.97. The van der Waals surface area contributed by atoms with Crippen molar-refractivity contribution in [1.29, 1.82) is 0 Å². The maximum atomic E-state index is 5.97. The van der Waals surface area contributed by atoms with Gasteiger partial charge in [-0.25, -0.2) is 19.9 Å². The van der Waals surface area contributed by atoms with Crippen LogP contribution in [-0.4, -0.2) is 33.7 Å². The van der Waals surface area contributed by atoms with E-state index in [-0.39, 0.29) is 0 Å². The minimum Gasteiger partial charge on any atom is -0.467 e. The van der Waals surface area contributed by atoms with Crippen molar-refractivity contribution in [2.24, 2.45) is 0 Å². The van der Waals surface area contributed by atoms with Crippen LogP contribution in [0, 0.1) is 0 Å². The summed E-state index contributed by atoms with van der Waals surface area (Å²) in [5.74, 6) is 0.528. The molecule has 19 heavy (non-hydrogen) atoms. The van der Waals surface area contributed by atoms with Crippen LogP contribution in [0.4, 0.5) is 0 Å². The van der Waals surface area contributed by atoms with E-state index in [1.165, 1.54) is 7.11 Å². The van der Waals surface area contributed by atoms with E-state index in [0.29, 0.717) is 35.9 Å². The van der Waals surface area contributed by atoms with Gasteiger partial charge in [0, 0.05) is 30.6 Å². The molecule has 0 N–H and O–H groups in total. The van der Waals surface area contributed by atoms with E-state index in [9.17, 15) is 0 Å². The minimum absolute atomic E-state index is 0.304. The maximum absolute atomic E-state index is 5.97. The first kappa shape index (κ1) is 13.6. The van der Waals surface area contributed by atoms with Crippen LogP contribution in [0.2, 0.25) is 5.15 Å². The summed E-state index contributed by atoms with van der Waals surface area (Å²) in [6.45, 7) is 2.82. The fourth-order valence-corrected chi connectivity index (χ4v) is 1.63. The van der Waals surface area contributed by atoms with Crippen molar-refractivity contribution in [3.05, 3.63) is 29.4 Å². The molecule has 0 atom stereocenters. The SMILES string of the molecule is CCOCc1nc(Cl)cc(-c2cnc(OC)nc2)n1. The number of methoxy groups -OCH3 is 1. The molecular weight excluding hydrogens is 268 g/mol. The Labute approximate surface area is 115 Å². The van der Waals surface area contributed by atoms with Crippen LogP contribution in [-0.2, 0) is 11.3 Å². The molecule has 0 radical (unpaired) electrons. The van der Waals surface area contributed by atoms with Gasteiger partial charge < -0.3 is 9.47 Å². The average molecular weight is 281 g/mol. The molecule has 0 aliphatic carbocycles. The van der Waals surface area contributed by atoms with Gasteiger partial charge in [0.15, 0.2) is 5.82 Å². The van der Waals surface area contributed by atoms with Crippen molar-refractivity contribution in [2.45, 2.75) is 13.5 Å². The molecule has 2 aromatic rings. The van der Waals surface area contributed by atoms with Crippen molar-refractivity contribution in [2.75, 3.05) is 13.7 Å². The quantitative estimate of drug-likeness (QED) is 0.782. The number of hydrogen-bond acceptors (Lipinski definition) is 6. The first-order valence-corrected chi connectivity index (χ1v) is 6.08. The smallest absolute Gasteiger partial charge is 0.316 e. The summed E-state index contributed by atoms with van der Waals surface area (Å²) in [5, 5.41) is 0.357. The molecule has 0 bridgehead atoms. The highest BCUT2D eigenvalue weighted by Crippen LogP contribution is 2.19. The standard InChI is InChI=1S/C12H13ClN4O2/c1-3-19-7-11-16-9(4-10(13)17-11)8-5-14-12(18-2)15-6-8/h4-6H,3,7H2,1-2H3. The third-order valence-electron chi connectivity index (χ3n) is 2.28. The third-order valence-corrected chi connectivity index (χ3v) is 2.48. The molecule has 0 amide bonds. The lowest BCUT2D eigenvalue weighted by Crippen LogP contribution is -2.01. The molecule has 0 aliphatic rings. The molecule has 6 nitrogen and oxygen atoms in total. The highest BCUT2D eigenvalue weighted by Gasteiger charge is 2.07. The number of aromatic nitrogens is 4. The Kier molecular flexibility index (Phi) is 4.59. The summed E-state index contributed by atoms with van der Waals surface area (Å²) in [5.41, 5.74) is 1.39. The van der Waals surface area contributed by atoms with Gasteiger partial charge in [0.2, 0.25) is 0 Å². The van der Waals surface area contributed by atoms with Crippen LogP contribution >= 0.6 is 11.6 Å². The van der Waals surface area contributed by atoms with E-state index >= 15 is 0 Å². The average Bonchev–Trinajstić information content (AvgIpc) is 2.44. The monoisotopic (exact) mass is 280 g/mol. The van der Waals surface area contributed by atoms with Crippen molar-refractivity contribution in [3.63, 3.8) is 0 Å². The maximum Gasteiger partial charge on any atom is 0.316 e. The molecule has 0 aliphatic heterocycles. The fourth-order valence-electron chi connectivity index (χ4n) is 1.42. The second-order valence-electron chi connectivity index (χ2n) is 3.59. The summed E-state index contributed by atoms with van der Waals surface area (Å²) in [6, 6.07) is 1.96. The van der Waals surface area contributed by atoms with E-state index in [4.69, 9.17) is 21.1 Å². The van der Waals surface area contributed by atoms with Gasteiger partial charge >= 0.3 is 6.01 Å². The molecule has 0 saturated heterocycles. The molecule has 0 unspecified atom stereocenters. The van der Waals surface area contributed by atoms with E-state index in [2.05, 4.69) is 19.9 Å². The fraction of sp³-hybridized carbons (Fsp3) is 0.333. The van der Waals surface area contributed by atoms with Gasteiger partial charge in [0.1, 0.15) is 11.8 Å². The Morgan fingerprint density at radius 3 is 2.58 bits per heavy atom. The van der Waals surface area contributed by atoms with Crippen molar-refractivity contribution < 1.29 is 9.47 Å². The lowest BCUT2D eigenvalue weighted by atomic mass is 10.2. The summed E-state index contributed by atoms with van der Waals surface area (Å²) in [7, 11) is 1.51. The highest BCUT2D eigenvalue weighted by molar-refractivity contribution is 6.29.